The first kappa shape index (κ1) is 19.6. The molecule has 1 heterocycles. The highest BCUT2D eigenvalue weighted by Crippen LogP contribution is 2.20. The third kappa shape index (κ3) is 4.40. The van der Waals surface area contributed by atoms with Gasteiger partial charge in [0.05, 0.1) is 11.3 Å². The van der Waals surface area contributed by atoms with Gasteiger partial charge in [-0.15, -0.1) is 0 Å². The van der Waals surface area contributed by atoms with E-state index in [0.717, 1.165) is 16.9 Å². The van der Waals surface area contributed by atoms with E-state index in [-0.39, 0.29) is 0 Å². The van der Waals surface area contributed by atoms with Crippen molar-refractivity contribution in [2.75, 3.05) is 5.32 Å². The van der Waals surface area contributed by atoms with Gasteiger partial charge in [0.25, 0.3) is 5.91 Å². The first-order valence-corrected chi connectivity index (χ1v) is 9.12. The minimum absolute atomic E-state index is 0.354. The molecule has 0 saturated heterocycles. The number of nitrogens with one attached hydrogen (secondary N) is 1. The molecule has 0 bridgehead atoms. The van der Waals surface area contributed by atoms with Gasteiger partial charge in [-0.25, -0.2) is 9.48 Å². The van der Waals surface area contributed by atoms with E-state index >= 15 is 0 Å². The largest absolute Gasteiger partial charge is 0.449 e. The SMILES string of the molecule is Cc1ccc(Cl)cc1NC(=O)[C@@H](C)OC(=O)c1ccc(-n2nccc2C)cc1. The summed E-state index contributed by atoms with van der Waals surface area (Å²) in [4.78, 5) is 24.7. The Labute approximate surface area is 168 Å². The second-order valence-electron chi connectivity index (χ2n) is 6.43. The molecule has 1 aromatic heterocycles. The van der Waals surface area contributed by atoms with Crippen LogP contribution in [0.1, 0.15) is 28.5 Å². The highest BCUT2D eigenvalue weighted by molar-refractivity contribution is 6.31. The van der Waals surface area contributed by atoms with Gasteiger partial charge >= 0.3 is 5.97 Å². The van der Waals surface area contributed by atoms with Crippen LogP contribution in [-0.4, -0.2) is 27.8 Å². The summed E-state index contributed by atoms with van der Waals surface area (Å²) in [6.45, 7) is 5.32. The number of hydrogen-bond acceptors (Lipinski definition) is 4. The molecule has 0 aliphatic rings. The van der Waals surface area contributed by atoms with Gasteiger partial charge in [-0.05, 0) is 68.8 Å². The third-order valence-electron chi connectivity index (χ3n) is 4.29. The van der Waals surface area contributed by atoms with Crippen LogP contribution in [-0.2, 0) is 9.53 Å². The lowest BCUT2D eigenvalue weighted by Gasteiger charge is -2.15. The van der Waals surface area contributed by atoms with E-state index in [0.29, 0.717) is 16.3 Å². The number of benzene rings is 2. The number of hydrogen-bond donors (Lipinski definition) is 1. The Morgan fingerprint density at radius 3 is 2.46 bits per heavy atom. The number of aromatic nitrogens is 2. The molecular weight excluding hydrogens is 378 g/mol. The molecule has 0 saturated carbocycles. The Hall–Kier alpha value is -3.12. The summed E-state index contributed by atoms with van der Waals surface area (Å²) in [5.74, 6) is -1.00. The van der Waals surface area contributed by atoms with Crippen LogP contribution in [0.4, 0.5) is 5.69 Å². The van der Waals surface area contributed by atoms with E-state index in [1.165, 1.54) is 6.92 Å². The predicted molar refractivity (Wildman–Crippen MR) is 108 cm³/mol. The van der Waals surface area contributed by atoms with Crippen molar-refractivity contribution >= 4 is 29.2 Å². The molecule has 0 unspecified atom stereocenters. The molecule has 7 heteroatoms. The number of carbonyl (C=O) groups excluding carboxylic acids is 2. The molecule has 144 valence electrons. The second-order valence-corrected chi connectivity index (χ2v) is 6.86. The third-order valence-corrected chi connectivity index (χ3v) is 4.53. The fourth-order valence-corrected chi connectivity index (χ4v) is 2.80. The zero-order valence-electron chi connectivity index (χ0n) is 15.8. The van der Waals surface area contributed by atoms with E-state index < -0.39 is 18.0 Å². The molecule has 0 aliphatic carbocycles. The molecule has 3 aromatic rings. The highest BCUT2D eigenvalue weighted by Gasteiger charge is 2.20. The zero-order valence-corrected chi connectivity index (χ0v) is 16.5. The van der Waals surface area contributed by atoms with Gasteiger partial charge in [0, 0.05) is 22.6 Å². The number of nitrogens with zero attached hydrogens (tertiary/aromatic N) is 2. The van der Waals surface area contributed by atoms with Gasteiger partial charge in [-0.1, -0.05) is 17.7 Å². The fraction of sp³-hybridized carbons (Fsp3) is 0.190. The molecule has 1 atom stereocenters. The lowest BCUT2D eigenvalue weighted by molar-refractivity contribution is -0.123. The lowest BCUT2D eigenvalue weighted by atomic mass is 10.2. The second kappa shape index (κ2) is 8.27. The first-order chi connectivity index (χ1) is 13.3. The van der Waals surface area contributed by atoms with E-state index in [1.807, 2.05) is 19.9 Å². The Morgan fingerprint density at radius 2 is 1.82 bits per heavy atom. The van der Waals surface area contributed by atoms with Crippen LogP contribution >= 0.6 is 11.6 Å². The fourth-order valence-electron chi connectivity index (χ4n) is 2.62. The molecule has 28 heavy (non-hydrogen) atoms. The molecule has 1 N–H and O–H groups in total. The molecule has 2 aromatic carbocycles. The summed E-state index contributed by atoms with van der Waals surface area (Å²) in [6, 6.07) is 13.9. The molecule has 1 amide bonds. The maximum atomic E-state index is 12.4. The van der Waals surface area contributed by atoms with Crippen molar-refractivity contribution < 1.29 is 14.3 Å². The summed E-state index contributed by atoms with van der Waals surface area (Å²) in [7, 11) is 0. The molecule has 3 rings (SSSR count). The molecular formula is C21H20ClN3O3. The van der Waals surface area contributed by atoms with Crippen LogP contribution < -0.4 is 5.32 Å². The number of aryl methyl sites for hydroxylation is 2. The maximum absolute atomic E-state index is 12.4. The predicted octanol–water partition coefficient (Wildman–Crippen LogP) is 4.33. The van der Waals surface area contributed by atoms with Crippen molar-refractivity contribution in [1.82, 2.24) is 9.78 Å². The van der Waals surface area contributed by atoms with Crippen LogP contribution in [0.5, 0.6) is 0 Å². The van der Waals surface area contributed by atoms with Gasteiger partial charge in [0.2, 0.25) is 0 Å². The maximum Gasteiger partial charge on any atom is 0.338 e. The lowest BCUT2D eigenvalue weighted by Crippen LogP contribution is -2.30. The molecule has 0 aliphatic heterocycles. The topological polar surface area (TPSA) is 73.2 Å². The smallest absolute Gasteiger partial charge is 0.338 e. The van der Waals surface area contributed by atoms with E-state index in [2.05, 4.69) is 10.4 Å². The Bertz CT molecular complexity index is 1010. The van der Waals surface area contributed by atoms with Crippen LogP contribution in [0.25, 0.3) is 5.69 Å². The number of anilines is 1. The highest BCUT2D eigenvalue weighted by atomic mass is 35.5. The molecule has 0 radical (unpaired) electrons. The van der Waals surface area contributed by atoms with Crippen molar-refractivity contribution in [2.45, 2.75) is 26.9 Å². The van der Waals surface area contributed by atoms with Gasteiger partial charge in [0.15, 0.2) is 6.10 Å². The van der Waals surface area contributed by atoms with Crippen molar-refractivity contribution in [3.8, 4) is 5.69 Å². The quantitative estimate of drug-likeness (QED) is 0.650. The number of ether oxygens (including phenoxy) is 1. The molecule has 0 fully saturated rings. The van der Waals surface area contributed by atoms with Gasteiger partial charge in [-0.2, -0.15) is 5.10 Å². The van der Waals surface area contributed by atoms with Crippen LogP contribution in [0.3, 0.4) is 0 Å². The number of esters is 1. The Balaban J connectivity index is 1.64. The van der Waals surface area contributed by atoms with E-state index in [9.17, 15) is 9.59 Å². The van der Waals surface area contributed by atoms with Crippen molar-refractivity contribution in [3.05, 3.63) is 76.6 Å². The van der Waals surface area contributed by atoms with Crippen molar-refractivity contribution in [1.29, 1.82) is 0 Å². The monoisotopic (exact) mass is 397 g/mol. The number of halogens is 1. The summed E-state index contributed by atoms with van der Waals surface area (Å²) >= 11 is 5.96. The number of rotatable bonds is 5. The zero-order chi connectivity index (χ0) is 20.3. The Morgan fingerprint density at radius 1 is 1.11 bits per heavy atom. The van der Waals surface area contributed by atoms with Gasteiger partial charge in [-0.3, -0.25) is 4.79 Å². The van der Waals surface area contributed by atoms with Crippen molar-refractivity contribution in [2.24, 2.45) is 0 Å². The minimum atomic E-state index is -0.959. The van der Waals surface area contributed by atoms with Crippen LogP contribution in [0.15, 0.2) is 54.7 Å². The molecule has 0 spiro atoms. The van der Waals surface area contributed by atoms with Crippen LogP contribution in [0.2, 0.25) is 5.02 Å². The van der Waals surface area contributed by atoms with Crippen molar-refractivity contribution in [3.63, 3.8) is 0 Å². The van der Waals surface area contributed by atoms with Gasteiger partial charge in [0.1, 0.15) is 0 Å². The van der Waals surface area contributed by atoms with E-state index in [1.54, 1.807) is 53.3 Å². The Kier molecular flexibility index (Phi) is 5.80. The molecule has 6 nitrogen and oxygen atoms in total. The van der Waals surface area contributed by atoms with Crippen LogP contribution in [0, 0.1) is 13.8 Å². The summed E-state index contributed by atoms with van der Waals surface area (Å²) in [5, 5.41) is 7.46. The van der Waals surface area contributed by atoms with E-state index in [4.69, 9.17) is 16.3 Å². The minimum Gasteiger partial charge on any atom is -0.449 e. The summed E-state index contributed by atoms with van der Waals surface area (Å²) in [6.07, 6.45) is 0.748. The number of amides is 1. The summed E-state index contributed by atoms with van der Waals surface area (Å²) in [5.41, 5.74) is 3.62. The number of carbonyl (C=O) groups is 2. The first-order valence-electron chi connectivity index (χ1n) is 8.74. The average molecular weight is 398 g/mol. The normalized spacial score (nSPS) is 11.7. The van der Waals surface area contributed by atoms with Gasteiger partial charge < -0.3 is 10.1 Å². The average Bonchev–Trinajstić information content (AvgIpc) is 3.10. The summed E-state index contributed by atoms with van der Waals surface area (Å²) < 4.78 is 7.05. The standard InChI is InChI=1S/C21H20ClN3O3/c1-13-4-7-17(22)12-19(13)24-20(26)15(3)28-21(27)16-5-8-18(9-6-16)25-14(2)10-11-23-25/h4-12,15H,1-3H3,(H,24,26)/t15-/m1/s1.